The van der Waals surface area contributed by atoms with Crippen LogP contribution in [-0.2, 0) is 10.8 Å². The largest absolute Gasteiger partial charge is 0.398 e. The van der Waals surface area contributed by atoms with Crippen LogP contribution in [0.1, 0.15) is 26.7 Å². The van der Waals surface area contributed by atoms with Crippen LogP contribution in [0.25, 0.3) is 0 Å². The molecule has 0 aliphatic rings. The van der Waals surface area contributed by atoms with E-state index in [1.54, 1.807) is 0 Å². The molecule has 2 nitrogen and oxygen atoms in total. The lowest BCUT2D eigenvalue weighted by atomic mass is 10.3. The van der Waals surface area contributed by atoms with Crippen molar-refractivity contribution in [1.29, 1.82) is 0 Å². The summed E-state index contributed by atoms with van der Waals surface area (Å²) in [5.74, 6) is -0.392. The maximum absolute atomic E-state index is 12.8. The van der Waals surface area contributed by atoms with Crippen molar-refractivity contribution < 1.29 is 8.60 Å². The third kappa shape index (κ3) is 3.02. The lowest BCUT2D eigenvalue weighted by Gasteiger charge is -2.11. The van der Waals surface area contributed by atoms with Crippen LogP contribution in [0.4, 0.5) is 10.1 Å². The van der Waals surface area contributed by atoms with Crippen LogP contribution in [0.3, 0.4) is 0 Å². The van der Waals surface area contributed by atoms with Gasteiger partial charge in [-0.3, -0.25) is 4.21 Å². The first-order valence-corrected chi connectivity index (χ1v) is 6.23. The van der Waals surface area contributed by atoms with Crippen LogP contribution in [0.15, 0.2) is 23.1 Å². The van der Waals surface area contributed by atoms with Gasteiger partial charge in [0.2, 0.25) is 0 Å². The van der Waals surface area contributed by atoms with E-state index in [1.165, 1.54) is 18.2 Å². The second-order valence-electron chi connectivity index (χ2n) is 3.58. The molecule has 2 unspecified atom stereocenters. The normalized spacial score (nSPS) is 14.9. The van der Waals surface area contributed by atoms with Crippen LogP contribution < -0.4 is 5.73 Å². The molecule has 0 aromatic heterocycles. The first kappa shape index (κ1) is 12.2. The topological polar surface area (TPSA) is 43.1 Å². The van der Waals surface area contributed by atoms with E-state index in [-0.39, 0.29) is 10.9 Å². The van der Waals surface area contributed by atoms with Crippen LogP contribution in [-0.4, -0.2) is 9.46 Å². The van der Waals surface area contributed by atoms with Crippen molar-refractivity contribution in [2.24, 2.45) is 0 Å². The zero-order valence-corrected chi connectivity index (χ0v) is 9.81. The molecule has 0 aliphatic carbocycles. The highest BCUT2D eigenvalue weighted by molar-refractivity contribution is 7.85. The van der Waals surface area contributed by atoms with E-state index < -0.39 is 16.6 Å². The number of halogens is 1. The molecule has 84 valence electrons. The van der Waals surface area contributed by atoms with E-state index in [4.69, 9.17) is 5.73 Å². The monoisotopic (exact) mass is 229 g/mol. The van der Waals surface area contributed by atoms with E-state index >= 15 is 0 Å². The lowest BCUT2D eigenvalue weighted by Crippen LogP contribution is -2.12. The Balaban J connectivity index is 2.91. The van der Waals surface area contributed by atoms with E-state index in [0.717, 1.165) is 12.8 Å². The van der Waals surface area contributed by atoms with Gasteiger partial charge in [-0.25, -0.2) is 4.39 Å². The van der Waals surface area contributed by atoms with Crippen LogP contribution >= 0.6 is 0 Å². The number of anilines is 1. The van der Waals surface area contributed by atoms with Crippen molar-refractivity contribution in [1.82, 2.24) is 0 Å². The molecule has 1 aromatic rings. The van der Waals surface area contributed by atoms with Crippen molar-refractivity contribution in [2.75, 3.05) is 5.73 Å². The fraction of sp³-hybridized carbons (Fsp3) is 0.455. The van der Waals surface area contributed by atoms with Crippen molar-refractivity contribution in [3.8, 4) is 0 Å². The van der Waals surface area contributed by atoms with Gasteiger partial charge in [0.15, 0.2) is 0 Å². The second-order valence-corrected chi connectivity index (χ2v) is 5.42. The molecule has 0 fully saturated rings. The summed E-state index contributed by atoms with van der Waals surface area (Å²) in [4.78, 5) is 0.539. The molecule has 0 radical (unpaired) electrons. The van der Waals surface area contributed by atoms with Gasteiger partial charge in [0.1, 0.15) is 5.82 Å². The quantitative estimate of drug-likeness (QED) is 0.807. The zero-order chi connectivity index (χ0) is 11.4. The van der Waals surface area contributed by atoms with E-state index in [1.807, 2.05) is 13.8 Å². The van der Waals surface area contributed by atoms with Crippen LogP contribution in [0.5, 0.6) is 0 Å². The van der Waals surface area contributed by atoms with Gasteiger partial charge < -0.3 is 5.73 Å². The molecular formula is C11H16FNOS. The number of nitrogens with two attached hydrogens (primary N) is 1. The van der Waals surface area contributed by atoms with Crippen molar-refractivity contribution >= 4 is 16.5 Å². The maximum atomic E-state index is 12.8. The minimum atomic E-state index is -1.14. The zero-order valence-electron chi connectivity index (χ0n) is 9.00. The number of nitrogen functional groups attached to an aromatic ring is 1. The molecular weight excluding hydrogens is 213 g/mol. The lowest BCUT2D eigenvalue weighted by molar-refractivity contribution is 0.626. The molecule has 2 atom stereocenters. The minimum Gasteiger partial charge on any atom is -0.398 e. The van der Waals surface area contributed by atoms with Crippen LogP contribution in [0.2, 0.25) is 0 Å². The average Bonchev–Trinajstić information content (AvgIpc) is 2.17. The summed E-state index contributed by atoms with van der Waals surface area (Å²) in [5, 5.41) is 0.0581. The molecule has 4 heteroatoms. The Kier molecular flexibility index (Phi) is 4.27. The molecule has 0 saturated carbocycles. The van der Waals surface area contributed by atoms with Gasteiger partial charge in [-0.15, -0.1) is 0 Å². The van der Waals surface area contributed by atoms with Gasteiger partial charge in [-0.1, -0.05) is 20.3 Å². The van der Waals surface area contributed by atoms with Crippen LogP contribution in [0, 0.1) is 5.82 Å². The predicted molar refractivity (Wildman–Crippen MR) is 61.6 cm³/mol. The summed E-state index contributed by atoms with van der Waals surface area (Å²) in [7, 11) is -1.14. The van der Waals surface area contributed by atoms with Gasteiger partial charge >= 0.3 is 0 Å². The third-order valence-electron chi connectivity index (χ3n) is 2.25. The Morgan fingerprint density at radius 2 is 2.20 bits per heavy atom. The average molecular weight is 229 g/mol. The Bertz CT molecular complexity index is 368. The second kappa shape index (κ2) is 5.26. The van der Waals surface area contributed by atoms with Crippen molar-refractivity contribution in [3.05, 3.63) is 24.0 Å². The molecule has 0 amide bonds. The number of hydrogen-bond donors (Lipinski definition) is 1. The van der Waals surface area contributed by atoms with Gasteiger partial charge in [0.25, 0.3) is 0 Å². The minimum absolute atomic E-state index is 0.0581. The van der Waals surface area contributed by atoms with Gasteiger partial charge in [0, 0.05) is 5.25 Å². The highest BCUT2D eigenvalue weighted by Gasteiger charge is 2.15. The molecule has 0 bridgehead atoms. The highest BCUT2D eigenvalue weighted by atomic mass is 32.2. The summed E-state index contributed by atoms with van der Waals surface area (Å²) in [6, 6.07) is 4.01. The predicted octanol–water partition coefficient (Wildman–Crippen LogP) is 2.70. The Hall–Kier alpha value is -0.900. The molecule has 15 heavy (non-hydrogen) atoms. The van der Waals surface area contributed by atoms with E-state index in [2.05, 4.69) is 0 Å². The first-order valence-electron chi connectivity index (χ1n) is 5.01. The fourth-order valence-electron chi connectivity index (χ4n) is 1.43. The molecule has 0 aliphatic heterocycles. The summed E-state index contributed by atoms with van der Waals surface area (Å²) in [5.41, 5.74) is 5.90. The Morgan fingerprint density at radius 3 is 2.73 bits per heavy atom. The number of hydrogen-bond acceptors (Lipinski definition) is 2. The Labute approximate surface area is 92.1 Å². The molecule has 1 aromatic carbocycles. The molecule has 2 N–H and O–H groups in total. The summed E-state index contributed by atoms with van der Waals surface area (Å²) >= 11 is 0. The smallest absolute Gasteiger partial charge is 0.125 e. The summed E-state index contributed by atoms with van der Waals surface area (Å²) in [6.07, 6.45) is 1.86. The summed E-state index contributed by atoms with van der Waals surface area (Å²) < 4.78 is 24.8. The standard InChI is InChI=1S/C11H16FNOS/c1-3-4-8(2)15(14)11-6-5-9(12)7-10(11)13/h5-8H,3-4,13H2,1-2H3. The van der Waals surface area contributed by atoms with E-state index in [9.17, 15) is 8.60 Å². The third-order valence-corrected chi connectivity index (χ3v) is 4.02. The molecule has 0 saturated heterocycles. The highest BCUT2D eigenvalue weighted by Crippen LogP contribution is 2.21. The van der Waals surface area contributed by atoms with E-state index in [0.29, 0.717) is 4.90 Å². The maximum Gasteiger partial charge on any atom is 0.125 e. The van der Waals surface area contributed by atoms with Gasteiger partial charge in [-0.2, -0.15) is 0 Å². The number of benzene rings is 1. The van der Waals surface area contributed by atoms with Crippen molar-refractivity contribution in [2.45, 2.75) is 36.8 Å². The molecule has 0 spiro atoms. The SMILES string of the molecule is CCCC(C)S(=O)c1ccc(F)cc1N. The van der Waals surface area contributed by atoms with Gasteiger partial charge in [-0.05, 0) is 24.6 Å². The summed E-state index contributed by atoms with van der Waals surface area (Å²) in [6.45, 7) is 3.96. The fourth-order valence-corrected chi connectivity index (χ4v) is 2.81. The first-order chi connectivity index (χ1) is 7.06. The molecule has 1 rings (SSSR count). The van der Waals surface area contributed by atoms with Crippen molar-refractivity contribution in [3.63, 3.8) is 0 Å². The number of rotatable bonds is 4. The Morgan fingerprint density at radius 1 is 1.53 bits per heavy atom. The van der Waals surface area contributed by atoms with Gasteiger partial charge in [0.05, 0.1) is 21.4 Å². The molecule has 0 heterocycles.